The number of rotatable bonds is 3. The van der Waals surface area contributed by atoms with Gasteiger partial charge in [-0.25, -0.2) is 4.98 Å². The Morgan fingerprint density at radius 2 is 2.11 bits per heavy atom. The van der Waals surface area contributed by atoms with E-state index in [1.807, 2.05) is 25.1 Å². The summed E-state index contributed by atoms with van der Waals surface area (Å²) in [7, 11) is 1.38. The molecular weight excluding hydrogens is 240 g/mol. The molecule has 4 heteroatoms. The highest BCUT2D eigenvalue weighted by atomic mass is 16.5. The Morgan fingerprint density at radius 3 is 2.74 bits per heavy atom. The van der Waals surface area contributed by atoms with E-state index in [-0.39, 0.29) is 5.97 Å². The summed E-state index contributed by atoms with van der Waals surface area (Å²) in [5.74, 6) is 0.300. The lowest BCUT2D eigenvalue weighted by atomic mass is 9.93. The molecule has 1 aromatic heterocycles. The predicted octanol–water partition coefficient (Wildman–Crippen LogP) is 2.84. The second-order valence-electron chi connectivity index (χ2n) is 5.13. The Hall–Kier alpha value is -2.10. The molecule has 2 rings (SSSR count). The monoisotopic (exact) mass is 258 g/mol. The lowest BCUT2D eigenvalue weighted by Gasteiger charge is -2.18. The molecule has 1 N–H and O–H groups in total. The van der Waals surface area contributed by atoms with Gasteiger partial charge in [-0.1, -0.05) is 23.8 Å². The maximum absolute atomic E-state index is 11.8. The van der Waals surface area contributed by atoms with Crippen molar-refractivity contribution in [1.82, 2.24) is 9.97 Å². The summed E-state index contributed by atoms with van der Waals surface area (Å²) in [6.45, 7) is 5.62. The van der Waals surface area contributed by atoms with Crippen molar-refractivity contribution in [1.29, 1.82) is 0 Å². The number of hydrogen-bond acceptors (Lipinski definition) is 3. The molecule has 0 saturated heterocycles. The van der Waals surface area contributed by atoms with E-state index in [0.717, 1.165) is 11.3 Å². The molecule has 0 unspecified atom stereocenters. The van der Waals surface area contributed by atoms with E-state index in [0.29, 0.717) is 5.82 Å². The van der Waals surface area contributed by atoms with Crippen LogP contribution in [0.25, 0.3) is 11.3 Å². The van der Waals surface area contributed by atoms with Crippen molar-refractivity contribution in [3.05, 3.63) is 41.9 Å². The average Bonchev–Trinajstić information content (AvgIpc) is 2.88. The number of H-pyrrole nitrogens is 1. The Balaban J connectivity index is 2.37. The van der Waals surface area contributed by atoms with Crippen molar-refractivity contribution < 1.29 is 9.53 Å². The number of carbonyl (C=O) groups excluding carboxylic acids is 1. The van der Waals surface area contributed by atoms with Gasteiger partial charge >= 0.3 is 5.97 Å². The molecular formula is C15H18N2O2. The molecule has 0 aliphatic heterocycles. The summed E-state index contributed by atoms with van der Waals surface area (Å²) >= 11 is 0. The fourth-order valence-electron chi connectivity index (χ4n) is 1.95. The summed E-state index contributed by atoms with van der Waals surface area (Å²) in [6, 6.07) is 8.12. The number of esters is 1. The molecule has 19 heavy (non-hydrogen) atoms. The summed E-state index contributed by atoms with van der Waals surface area (Å²) < 4.78 is 4.80. The highest BCUT2D eigenvalue weighted by Crippen LogP contribution is 2.25. The van der Waals surface area contributed by atoms with E-state index in [1.165, 1.54) is 12.7 Å². The van der Waals surface area contributed by atoms with Crippen LogP contribution >= 0.6 is 0 Å². The molecule has 1 aromatic carbocycles. The second kappa shape index (κ2) is 4.88. The van der Waals surface area contributed by atoms with Crippen molar-refractivity contribution in [2.75, 3.05) is 7.11 Å². The highest BCUT2D eigenvalue weighted by Gasteiger charge is 2.34. The van der Waals surface area contributed by atoms with E-state index in [9.17, 15) is 4.79 Å². The van der Waals surface area contributed by atoms with E-state index in [1.54, 1.807) is 20.0 Å². The molecule has 0 spiro atoms. The number of methoxy groups -OCH3 is 1. The summed E-state index contributed by atoms with van der Waals surface area (Å²) in [5.41, 5.74) is 2.35. The summed E-state index contributed by atoms with van der Waals surface area (Å²) in [6.07, 6.45) is 1.74. The first-order valence-electron chi connectivity index (χ1n) is 6.16. The molecule has 100 valence electrons. The van der Waals surface area contributed by atoms with Crippen molar-refractivity contribution in [2.24, 2.45) is 0 Å². The number of aryl methyl sites for hydroxylation is 1. The van der Waals surface area contributed by atoms with Crippen LogP contribution in [0, 0.1) is 6.92 Å². The van der Waals surface area contributed by atoms with Gasteiger partial charge in [0.25, 0.3) is 0 Å². The maximum atomic E-state index is 11.8. The van der Waals surface area contributed by atoms with Crippen LogP contribution in [-0.4, -0.2) is 23.0 Å². The zero-order valence-corrected chi connectivity index (χ0v) is 11.7. The van der Waals surface area contributed by atoms with Crippen LogP contribution in [0.15, 0.2) is 30.5 Å². The number of imidazole rings is 1. The number of carbonyl (C=O) groups is 1. The van der Waals surface area contributed by atoms with Crippen LogP contribution in [-0.2, 0) is 14.9 Å². The van der Waals surface area contributed by atoms with Crippen molar-refractivity contribution in [3.63, 3.8) is 0 Å². The SMILES string of the molecule is COC(=O)C(C)(C)c1ncc(-c2cccc(C)c2)[nH]1. The quantitative estimate of drug-likeness (QED) is 0.861. The van der Waals surface area contributed by atoms with Gasteiger partial charge in [0.2, 0.25) is 0 Å². The third kappa shape index (κ3) is 2.52. The van der Waals surface area contributed by atoms with E-state index in [2.05, 4.69) is 16.0 Å². The molecule has 0 aliphatic rings. The number of ether oxygens (including phenoxy) is 1. The first-order valence-corrected chi connectivity index (χ1v) is 6.16. The second-order valence-corrected chi connectivity index (χ2v) is 5.13. The van der Waals surface area contributed by atoms with Crippen LogP contribution in [0.1, 0.15) is 25.2 Å². The summed E-state index contributed by atoms with van der Waals surface area (Å²) in [5, 5.41) is 0. The third-order valence-corrected chi connectivity index (χ3v) is 3.19. The molecule has 0 saturated carbocycles. The zero-order valence-electron chi connectivity index (χ0n) is 11.7. The minimum Gasteiger partial charge on any atom is -0.468 e. The zero-order chi connectivity index (χ0) is 14.0. The van der Waals surface area contributed by atoms with Crippen LogP contribution in [0.4, 0.5) is 0 Å². The smallest absolute Gasteiger partial charge is 0.318 e. The maximum Gasteiger partial charge on any atom is 0.318 e. The van der Waals surface area contributed by atoms with Crippen LogP contribution < -0.4 is 0 Å². The van der Waals surface area contributed by atoms with Gasteiger partial charge < -0.3 is 9.72 Å². The fraction of sp³-hybridized carbons (Fsp3) is 0.333. The predicted molar refractivity (Wildman–Crippen MR) is 73.8 cm³/mol. The Bertz CT molecular complexity index is 600. The van der Waals surface area contributed by atoms with Gasteiger partial charge in [0.1, 0.15) is 11.2 Å². The third-order valence-electron chi connectivity index (χ3n) is 3.19. The standard InChI is InChI=1S/C15H18N2O2/c1-10-6-5-7-11(8-10)12-9-16-13(17-12)15(2,3)14(18)19-4/h5-9H,1-4H3,(H,16,17). The highest BCUT2D eigenvalue weighted by molar-refractivity contribution is 5.81. The number of aromatic nitrogens is 2. The van der Waals surface area contributed by atoms with E-state index < -0.39 is 5.41 Å². The number of nitrogens with zero attached hydrogens (tertiary/aromatic N) is 1. The first kappa shape index (κ1) is 13.3. The Labute approximate surface area is 112 Å². The largest absolute Gasteiger partial charge is 0.468 e. The lowest BCUT2D eigenvalue weighted by Crippen LogP contribution is -2.31. The lowest BCUT2D eigenvalue weighted by molar-refractivity contribution is -0.146. The number of benzene rings is 1. The number of hydrogen-bond donors (Lipinski definition) is 1. The fourth-order valence-corrected chi connectivity index (χ4v) is 1.95. The van der Waals surface area contributed by atoms with Gasteiger partial charge in [0, 0.05) is 0 Å². The molecule has 0 radical (unpaired) electrons. The topological polar surface area (TPSA) is 55.0 Å². The van der Waals surface area contributed by atoms with E-state index >= 15 is 0 Å². The average molecular weight is 258 g/mol. The molecule has 0 fully saturated rings. The van der Waals surface area contributed by atoms with Gasteiger partial charge in [-0.3, -0.25) is 4.79 Å². The van der Waals surface area contributed by atoms with Crippen molar-refractivity contribution in [3.8, 4) is 11.3 Å². The Morgan fingerprint density at radius 1 is 1.37 bits per heavy atom. The van der Waals surface area contributed by atoms with Gasteiger partial charge in [-0.2, -0.15) is 0 Å². The molecule has 0 atom stereocenters. The van der Waals surface area contributed by atoms with Gasteiger partial charge in [-0.15, -0.1) is 0 Å². The number of nitrogens with one attached hydrogen (secondary N) is 1. The molecule has 1 heterocycles. The molecule has 2 aromatic rings. The van der Waals surface area contributed by atoms with E-state index in [4.69, 9.17) is 4.74 Å². The van der Waals surface area contributed by atoms with Crippen molar-refractivity contribution in [2.45, 2.75) is 26.2 Å². The normalized spacial score (nSPS) is 11.4. The van der Waals surface area contributed by atoms with Crippen LogP contribution in [0.3, 0.4) is 0 Å². The van der Waals surface area contributed by atoms with Gasteiger partial charge in [0.05, 0.1) is 19.0 Å². The minimum absolute atomic E-state index is 0.308. The van der Waals surface area contributed by atoms with Crippen LogP contribution in [0.5, 0.6) is 0 Å². The molecule has 0 aliphatic carbocycles. The van der Waals surface area contributed by atoms with Gasteiger partial charge in [0.15, 0.2) is 0 Å². The molecule has 0 amide bonds. The molecule has 0 bridgehead atoms. The van der Waals surface area contributed by atoms with Crippen molar-refractivity contribution >= 4 is 5.97 Å². The summed E-state index contributed by atoms with van der Waals surface area (Å²) in [4.78, 5) is 19.3. The Kier molecular flexibility index (Phi) is 3.42. The minimum atomic E-state index is -0.781. The molecule has 4 nitrogen and oxygen atoms in total. The number of aromatic amines is 1. The first-order chi connectivity index (χ1) is 8.95. The van der Waals surface area contributed by atoms with Crippen LogP contribution in [0.2, 0.25) is 0 Å². The van der Waals surface area contributed by atoms with Gasteiger partial charge in [-0.05, 0) is 32.4 Å².